The minimum absolute atomic E-state index is 0.671. The van der Waals surface area contributed by atoms with E-state index < -0.39 is 6.08 Å². The standard InChI is InChI=1S/C5H5FN2.C2H6/c1-4-2-7-5(6)8-3-4;1-2/h2-3H,1H3;1-2H3. The van der Waals surface area contributed by atoms with Crippen molar-refractivity contribution in [2.24, 2.45) is 0 Å². The van der Waals surface area contributed by atoms with E-state index >= 15 is 0 Å². The van der Waals surface area contributed by atoms with Crippen molar-refractivity contribution in [1.82, 2.24) is 9.97 Å². The summed E-state index contributed by atoms with van der Waals surface area (Å²) in [6, 6.07) is 0. The Bertz CT molecular complexity index is 150. The van der Waals surface area contributed by atoms with Gasteiger partial charge in [0.25, 0.3) is 0 Å². The molecular weight excluding hydrogens is 131 g/mol. The SMILES string of the molecule is CC.Cc1cnc(F)nc1. The molecule has 0 aliphatic heterocycles. The average Bonchev–Trinajstić information content (AvgIpc) is 2.00. The van der Waals surface area contributed by atoms with Crippen molar-refractivity contribution in [3.63, 3.8) is 0 Å². The molecule has 0 atom stereocenters. The second kappa shape index (κ2) is 4.85. The summed E-state index contributed by atoms with van der Waals surface area (Å²) in [5, 5.41) is 0. The van der Waals surface area contributed by atoms with Crippen molar-refractivity contribution < 1.29 is 4.39 Å². The molecule has 0 aliphatic rings. The third-order valence-electron chi connectivity index (χ3n) is 0.749. The minimum Gasteiger partial charge on any atom is -0.211 e. The maximum Gasteiger partial charge on any atom is 0.308 e. The Hall–Kier alpha value is -0.990. The van der Waals surface area contributed by atoms with Crippen molar-refractivity contribution in [3.8, 4) is 0 Å². The molecule has 0 N–H and O–H groups in total. The maximum absolute atomic E-state index is 11.9. The lowest BCUT2D eigenvalue weighted by molar-refractivity contribution is 0.537. The first-order chi connectivity index (χ1) is 4.79. The predicted octanol–water partition coefficient (Wildman–Crippen LogP) is 1.95. The molecule has 0 fully saturated rings. The van der Waals surface area contributed by atoms with Gasteiger partial charge in [0.2, 0.25) is 0 Å². The van der Waals surface area contributed by atoms with Crippen LogP contribution in [-0.4, -0.2) is 9.97 Å². The fourth-order valence-electron chi connectivity index (χ4n) is 0.377. The van der Waals surface area contributed by atoms with E-state index in [2.05, 4.69) is 9.97 Å². The first-order valence-electron chi connectivity index (χ1n) is 3.23. The van der Waals surface area contributed by atoms with Crippen LogP contribution in [0.1, 0.15) is 19.4 Å². The fraction of sp³-hybridized carbons (Fsp3) is 0.429. The lowest BCUT2D eigenvalue weighted by Gasteiger charge is -1.85. The minimum atomic E-state index is -0.671. The van der Waals surface area contributed by atoms with Gasteiger partial charge in [0.1, 0.15) is 0 Å². The van der Waals surface area contributed by atoms with Gasteiger partial charge in [-0.15, -0.1) is 0 Å². The van der Waals surface area contributed by atoms with Crippen LogP contribution in [-0.2, 0) is 0 Å². The van der Waals surface area contributed by atoms with Gasteiger partial charge < -0.3 is 0 Å². The summed E-state index contributed by atoms with van der Waals surface area (Å²) >= 11 is 0. The molecule has 1 aromatic rings. The number of hydrogen-bond acceptors (Lipinski definition) is 2. The Labute approximate surface area is 60.1 Å². The number of halogens is 1. The molecule has 2 nitrogen and oxygen atoms in total. The van der Waals surface area contributed by atoms with Crippen molar-refractivity contribution in [3.05, 3.63) is 24.0 Å². The largest absolute Gasteiger partial charge is 0.308 e. The Morgan fingerprint density at radius 1 is 1.20 bits per heavy atom. The Balaban J connectivity index is 0.000000371. The average molecular weight is 142 g/mol. The quantitative estimate of drug-likeness (QED) is 0.517. The maximum atomic E-state index is 11.9. The van der Waals surface area contributed by atoms with Crippen LogP contribution in [0.4, 0.5) is 4.39 Å². The lowest BCUT2D eigenvalue weighted by Crippen LogP contribution is -1.86. The second-order valence-electron chi connectivity index (χ2n) is 1.53. The van der Waals surface area contributed by atoms with Crippen LogP contribution in [0.2, 0.25) is 0 Å². The zero-order chi connectivity index (χ0) is 7.98. The van der Waals surface area contributed by atoms with Gasteiger partial charge in [-0.25, -0.2) is 9.97 Å². The van der Waals surface area contributed by atoms with Crippen molar-refractivity contribution in [1.29, 1.82) is 0 Å². The molecule has 0 aromatic carbocycles. The van der Waals surface area contributed by atoms with Gasteiger partial charge in [-0.1, -0.05) is 13.8 Å². The highest BCUT2D eigenvalue weighted by Crippen LogP contribution is 1.89. The van der Waals surface area contributed by atoms with E-state index in [1.54, 1.807) is 6.92 Å². The number of rotatable bonds is 0. The molecule has 0 radical (unpaired) electrons. The van der Waals surface area contributed by atoms with Crippen LogP contribution < -0.4 is 0 Å². The second-order valence-corrected chi connectivity index (χ2v) is 1.53. The highest BCUT2D eigenvalue weighted by Gasteiger charge is 1.86. The van der Waals surface area contributed by atoms with E-state index in [4.69, 9.17) is 0 Å². The highest BCUT2D eigenvalue weighted by atomic mass is 19.1. The number of aromatic nitrogens is 2. The Morgan fingerprint density at radius 2 is 1.60 bits per heavy atom. The Kier molecular flexibility index (Phi) is 4.37. The van der Waals surface area contributed by atoms with Crippen LogP contribution >= 0.6 is 0 Å². The van der Waals surface area contributed by atoms with Crippen LogP contribution in [0.3, 0.4) is 0 Å². The number of aryl methyl sites for hydroxylation is 1. The van der Waals surface area contributed by atoms with Gasteiger partial charge in [-0.05, 0) is 12.5 Å². The monoisotopic (exact) mass is 142 g/mol. The normalized spacial score (nSPS) is 8.00. The van der Waals surface area contributed by atoms with Gasteiger partial charge in [-0.2, -0.15) is 4.39 Å². The lowest BCUT2D eigenvalue weighted by atomic mass is 10.4. The zero-order valence-corrected chi connectivity index (χ0v) is 6.43. The van der Waals surface area contributed by atoms with Gasteiger partial charge in [0, 0.05) is 12.4 Å². The van der Waals surface area contributed by atoms with Gasteiger partial charge in [-0.3, -0.25) is 0 Å². The van der Waals surface area contributed by atoms with E-state index in [0.717, 1.165) is 5.56 Å². The van der Waals surface area contributed by atoms with Gasteiger partial charge in [0.15, 0.2) is 0 Å². The van der Waals surface area contributed by atoms with Gasteiger partial charge in [0.05, 0.1) is 0 Å². The summed E-state index contributed by atoms with van der Waals surface area (Å²) in [4.78, 5) is 6.60. The molecule has 56 valence electrons. The topological polar surface area (TPSA) is 25.8 Å². The predicted molar refractivity (Wildman–Crippen MR) is 38.1 cm³/mol. The Morgan fingerprint density at radius 3 is 1.90 bits per heavy atom. The summed E-state index contributed by atoms with van der Waals surface area (Å²) in [6.45, 7) is 5.80. The van der Waals surface area contributed by atoms with E-state index in [1.165, 1.54) is 12.4 Å². The molecule has 0 saturated carbocycles. The molecular formula is C7H11FN2. The van der Waals surface area contributed by atoms with Crippen LogP contribution in [0.15, 0.2) is 12.4 Å². The fourth-order valence-corrected chi connectivity index (χ4v) is 0.377. The molecule has 1 aromatic heterocycles. The van der Waals surface area contributed by atoms with Crippen LogP contribution in [0, 0.1) is 13.0 Å². The smallest absolute Gasteiger partial charge is 0.211 e. The molecule has 1 heterocycles. The van der Waals surface area contributed by atoms with E-state index in [0.29, 0.717) is 0 Å². The summed E-state index contributed by atoms with van der Waals surface area (Å²) in [7, 11) is 0. The third-order valence-corrected chi connectivity index (χ3v) is 0.749. The summed E-state index contributed by atoms with van der Waals surface area (Å²) in [6.07, 6.45) is 2.19. The molecule has 0 spiro atoms. The van der Waals surface area contributed by atoms with Gasteiger partial charge >= 0.3 is 6.08 Å². The molecule has 3 heteroatoms. The van der Waals surface area contributed by atoms with E-state index in [9.17, 15) is 4.39 Å². The van der Waals surface area contributed by atoms with Crippen LogP contribution in [0.25, 0.3) is 0 Å². The van der Waals surface area contributed by atoms with Crippen molar-refractivity contribution in [2.45, 2.75) is 20.8 Å². The van der Waals surface area contributed by atoms with E-state index in [-0.39, 0.29) is 0 Å². The molecule has 0 amide bonds. The number of nitrogens with zero attached hydrogens (tertiary/aromatic N) is 2. The first kappa shape index (κ1) is 9.01. The third kappa shape index (κ3) is 3.12. The molecule has 0 bridgehead atoms. The zero-order valence-electron chi connectivity index (χ0n) is 6.43. The van der Waals surface area contributed by atoms with E-state index in [1.807, 2.05) is 13.8 Å². The highest BCUT2D eigenvalue weighted by molar-refractivity contribution is 4.97. The first-order valence-corrected chi connectivity index (χ1v) is 3.23. The molecule has 0 unspecified atom stereocenters. The van der Waals surface area contributed by atoms with Crippen molar-refractivity contribution >= 4 is 0 Å². The summed E-state index contributed by atoms with van der Waals surface area (Å²) in [5.41, 5.74) is 0.867. The molecule has 0 saturated heterocycles. The summed E-state index contributed by atoms with van der Waals surface area (Å²) < 4.78 is 11.9. The summed E-state index contributed by atoms with van der Waals surface area (Å²) in [5.74, 6) is 0. The molecule has 0 aliphatic carbocycles. The molecule has 1 rings (SSSR count). The van der Waals surface area contributed by atoms with Crippen LogP contribution in [0.5, 0.6) is 0 Å². The van der Waals surface area contributed by atoms with Crippen molar-refractivity contribution in [2.75, 3.05) is 0 Å². The number of hydrogen-bond donors (Lipinski definition) is 0. The molecule has 10 heavy (non-hydrogen) atoms.